The lowest BCUT2D eigenvalue weighted by molar-refractivity contribution is -0.149. The lowest BCUT2D eigenvalue weighted by atomic mass is 10.1. The molecule has 0 spiro atoms. The van der Waals surface area contributed by atoms with Crippen molar-refractivity contribution in [1.29, 1.82) is 0 Å². The Balaban J connectivity index is 1.20. The van der Waals surface area contributed by atoms with E-state index in [-0.39, 0.29) is 24.5 Å². The van der Waals surface area contributed by atoms with Gasteiger partial charge in [0, 0.05) is 43.2 Å². The fraction of sp³-hybridized carbons (Fsp3) is 0.333. The van der Waals surface area contributed by atoms with Crippen LogP contribution in [-0.2, 0) is 27.3 Å². The summed E-state index contributed by atoms with van der Waals surface area (Å²) in [4.78, 5) is 29.5. The zero-order valence-corrected chi connectivity index (χ0v) is 17.0. The standard InChI is InChI=1S/C24H27N3O3/c28-23(12-6-9-19-13-25-22-11-5-4-10-21(19)22)26-14-20-16-27(24(29)17-30-20)15-18-7-2-1-3-8-18/h1-5,7-8,10-11,13,20,25H,6,9,12,14-17H2,(H,26,28). The third kappa shape index (κ3) is 5.07. The van der Waals surface area contributed by atoms with Gasteiger partial charge in [0.05, 0.1) is 6.10 Å². The van der Waals surface area contributed by atoms with Gasteiger partial charge >= 0.3 is 0 Å². The minimum absolute atomic E-state index is 0.0137. The van der Waals surface area contributed by atoms with Gasteiger partial charge in [-0.2, -0.15) is 0 Å². The van der Waals surface area contributed by atoms with Crippen molar-refractivity contribution in [3.8, 4) is 0 Å². The maximum Gasteiger partial charge on any atom is 0.248 e. The summed E-state index contributed by atoms with van der Waals surface area (Å²) in [6, 6.07) is 18.1. The van der Waals surface area contributed by atoms with Gasteiger partial charge < -0.3 is 19.9 Å². The molecular weight excluding hydrogens is 378 g/mol. The molecule has 1 saturated heterocycles. The van der Waals surface area contributed by atoms with Crippen molar-refractivity contribution in [3.63, 3.8) is 0 Å². The number of ether oxygens (including phenoxy) is 1. The molecule has 1 aliphatic rings. The second-order valence-corrected chi connectivity index (χ2v) is 7.71. The first-order valence-corrected chi connectivity index (χ1v) is 10.4. The third-order valence-electron chi connectivity index (χ3n) is 5.49. The van der Waals surface area contributed by atoms with Gasteiger partial charge in [-0.05, 0) is 30.0 Å². The fourth-order valence-corrected chi connectivity index (χ4v) is 3.85. The zero-order chi connectivity index (χ0) is 20.8. The molecule has 0 bridgehead atoms. The topological polar surface area (TPSA) is 74.4 Å². The highest BCUT2D eigenvalue weighted by Gasteiger charge is 2.26. The summed E-state index contributed by atoms with van der Waals surface area (Å²) in [7, 11) is 0. The molecule has 6 heteroatoms. The Kier molecular flexibility index (Phi) is 6.44. The number of fused-ring (bicyclic) bond motifs is 1. The quantitative estimate of drug-likeness (QED) is 0.605. The number of morpholine rings is 1. The van der Waals surface area contributed by atoms with Crippen LogP contribution in [0.2, 0.25) is 0 Å². The van der Waals surface area contributed by atoms with Crippen LogP contribution in [0.15, 0.2) is 60.8 Å². The van der Waals surface area contributed by atoms with E-state index < -0.39 is 0 Å². The minimum Gasteiger partial charge on any atom is -0.365 e. The van der Waals surface area contributed by atoms with E-state index in [9.17, 15) is 9.59 Å². The number of amides is 2. The highest BCUT2D eigenvalue weighted by Crippen LogP contribution is 2.19. The molecule has 0 radical (unpaired) electrons. The van der Waals surface area contributed by atoms with Crippen molar-refractivity contribution < 1.29 is 14.3 Å². The number of nitrogens with zero attached hydrogens (tertiary/aromatic N) is 1. The van der Waals surface area contributed by atoms with Crippen molar-refractivity contribution in [2.45, 2.75) is 31.9 Å². The summed E-state index contributed by atoms with van der Waals surface area (Å²) in [6.07, 6.45) is 3.97. The number of H-pyrrole nitrogens is 1. The van der Waals surface area contributed by atoms with Crippen LogP contribution < -0.4 is 5.32 Å². The average Bonchev–Trinajstić information content (AvgIpc) is 3.18. The van der Waals surface area contributed by atoms with Crippen LogP contribution in [-0.4, -0.2) is 47.5 Å². The molecule has 1 aromatic heterocycles. The van der Waals surface area contributed by atoms with Crippen molar-refractivity contribution in [3.05, 3.63) is 71.9 Å². The van der Waals surface area contributed by atoms with Crippen LogP contribution in [0, 0.1) is 0 Å². The summed E-state index contributed by atoms with van der Waals surface area (Å²) >= 11 is 0. The largest absolute Gasteiger partial charge is 0.365 e. The molecule has 156 valence electrons. The molecule has 2 aromatic carbocycles. The van der Waals surface area contributed by atoms with Crippen molar-refractivity contribution in [2.75, 3.05) is 19.7 Å². The number of rotatable bonds is 8. The van der Waals surface area contributed by atoms with Crippen LogP contribution in [0.4, 0.5) is 0 Å². The van der Waals surface area contributed by atoms with E-state index in [0.717, 1.165) is 23.9 Å². The molecule has 1 fully saturated rings. The van der Waals surface area contributed by atoms with E-state index in [0.29, 0.717) is 26.1 Å². The number of benzene rings is 2. The number of para-hydroxylation sites is 1. The van der Waals surface area contributed by atoms with E-state index in [4.69, 9.17) is 4.74 Å². The number of aryl methyl sites for hydroxylation is 1. The normalized spacial score (nSPS) is 16.7. The monoisotopic (exact) mass is 405 g/mol. The molecule has 2 heterocycles. The van der Waals surface area contributed by atoms with Crippen LogP contribution in [0.1, 0.15) is 24.0 Å². The molecule has 3 aromatic rings. The molecule has 1 atom stereocenters. The van der Waals surface area contributed by atoms with Gasteiger partial charge in [0.2, 0.25) is 11.8 Å². The summed E-state index contributed by atoms with van der Waals surface area (Å²) in [6.45, 7) is 1.54. The van der Waals surface area contributed by atoms with Crippen molar-refractivity contribution >= 4 is 22.7 Å². The van der Waals surface area contributed by atoms with Crippen molar-refractivity contribution in [2.24, 2.45) is 0 Å². The Hall–Kier alpha value is -3.12. The maximum atomic E-state index is 12.3. The van der Waals surface area contributed by atoms with Gasteiger partial charge in [-0.3, -0.25) is 9.59 Å². The van der Waals surface area contributed by atoms with E-state index >= 15 is 0 Å². The minimum atomic E-state index is -0.177. The van der Waals surface area contributed by atoms with Gasteiger partial charge in [0.1, 0.15) is 6.61 Å². The number of aromatic amines is 1. The first-order chi connectivity index (χ1) is 14.7. The number of aromatic nitrogens is 1. The summed E-state index contributed by atoms with van der Waals surface area (Å²) in [5, 5.41) is 4.18. The van der Waals surface area contributed by atoms with E-state index in [1.165, 1.54) is 10.9 Å². The van der Waals surface area contributed by atoms with Crippen molar-refractivity contribution in [1.82, 2.24) is 15.2 Å². The van der Waals surface area contributed by atoms with E-state index in [1.807, 2.05) is 48.7 Å². The number of carbonyl (C=O) groups is 2. The van der Waals surface area contributed by atoms with Gasteiger partial charge in [0.15, 0.2) is 0 Å². The summed E-state index contributed by atoms with van der Waals surface area (Å²) in [5.41, 5.74) is 3.46. The van der Waals surface area contributed by atoms with Crippen LogP contribution in [0.3, 0.4) is 0 Å². The Labute approximate surface area is 176 Å². The lowest BCUT2D eigenvalue weighted by Crippen LogP contribution is -2.50. The van der Waals surface area contributed by atoms with Crippen LogP contribution in [0.5, 0.6) is 0 Å². The zero-order valence-electron chi connectivity index (χ0n) is 17.0. The lowest BCUT2D eigenvalue weighted by Gasteiger charge is -2.33. The molecule has 1 aliphatic heterocycles. The predicted octanol–water partition coefficient (Wildman–Crippen LogP) is 3.03. The number of nitrogens with one attached hydrogen (secondary N) is 2. The third-order valence-corrected chi connectivity index (χ3v) is 5.49. The second kappa shape index (κ2) is 9.59. The highest BCUT2D eigenvalue weighted by atomic mass is 16.5. The Morgan fingerprint density at radius 2 is 1.93 bits per heavy atom. The molecule has 1 unspecified atom stereocenters. The van der Waals surface area contributed by atoms with Gasteiger partial charge in [0.25, 0.3) is 0 Å². The molecule has 2 N–H and O–H groups in total. The van der Waals surface area contributed by atoms with Gasteiger partial charge in [-0.25, -0.2) is 0 Å². The first-order valence-electron chi connectivity index (χ1n) is 10.4. The Morgan fingerprint density at radius 1 is 1.13 bits per heavy atom. The molecule has 30 heavy (non-hydrogen) atoms. The predicted molar refractivity (Wildman–Crippen MR) is 116 cm³/mol. The smallest absolute Gasteiger partial charge is 0.248 e. The van der Waals surface area contributed by atoms with Gasteiger partial charge in [-0.1, -0.05) is 48.5 Å². The molecular formula is C24H27N3O3. The average molecular weight is 405 g/mol. The summed E-state index contributed by atoms with van der Waals surface area (Å²) in [5.74, 6) is 0.00473. The van der Waals surface area contributed by atoms with Crippen LogP contribution in [0.25, 0.3) is 10.9 Å². The SMILES string of the molecule is O=C(CCCc1c[nH]c2ccccc12)NCC1CN(Cc2ccccc2)C(=O)CO1. The molecule has 2 amide bonds. The number of hydrogen-bond donors (Lipinski definition) is 2. The molecule has 4 rings (SSSR count). The second-order valence-electron chi connectivity index (χ2n) is 7.71. The maximum absolute atomic E-state index is 12.3. The van der Waals surface area contributed by atoms with E-state index in [1.54, 1.807) is 4.90 Å². The first kappa shape index (κ1) is 20.2. The Bertz CT molecular complexity index is 999. The molecule has 0 aliphatic carbocycles. The molecule has 6 nitrogen and oxygen atoms in total. The Morgan fingerprint density at radius 3 is 2.80 bits per heavy atom. The van der Waals surface area contributed by atoms with Gasteiger partial charge in [-0.15, -0.1) is 0 Å². The number of hydrogen-bond acceptors (Lipinski definition) is 3. The highest BCUT2D eigenvalue weighted by molar-refractivity contribution is 5.83. The molecule has 0 saturated carbocycles. The van der Waals surface area contributed by atoms with E-state index in [2.05, 4.69) is 22.4 Å². The van der Waals surface area contributed by atoms with Crippen LogP contribution >= 0.6 is 0 Å². The fourth-order valence-electron chi connectivity index (χ4n) is 3.85. The number of carbonyl (C=O) groups excluding carboxylic acids is 2. The summed E-state index contributed by atoms with van der Waals surface area (Å²) < 4.78 is 5.61.